The maximum atomic E-state index is 13.4. The molecule has 166 valence electrons. The molecule has 0 fully saturated rings. The number of nitrogens with zero attached hydrogens (tertiary/aromatic N) is 3. The number of rotatable bonds is 5. The molecular formula is C25H27N3O2S2. The molecule has 1 atom stereocenters. The Morgan fingerprint density at radius 1 is 1.31 bits per heavy atom. The Morgan fingerprint density at radius 2 is 2.12 bits per heavy atom. The van der Waals surface area contributed by atoms with Gasteiger partial charge in [-0.1, -0.05) is 49.0 Å². The molecule has 0 spiro atoms. The van der Waals surface area contributed by atoms with Gasteiger partial charge < -0.3 is 4.90 Å². The molecule has 1 aromatic carbocycles. The van der Waals surface area contributed by atoms with E-state index in [2.05, 4.69) is 31.7 Å². The molecule has 3 aromatic rings. The summed E-state index contributed by atoms with van der Waals surface area (Å²) in [6.07, 6.45) is 5.70. The van der Waals surface area contributed by atoms with E-state index >= 15 is 0 Å². The molecule has 0 unspecified atom stereocenters. The minimum atomic E-state index is 0.00352. The SMILES string of the molecule is C=CCn1c(SCC(=O)N2CCc3ccccc3C2)nc2sc3c(c2c1=O)CC[C@H](C)C3. The van der Waals surface area contributed by atoms with Crippen LogP contribution in [-0.2, 0) is 37.1 Å². The summed E-state index contributed by atoms with van der Waals surface area (Å²) >= 11 is 3.02. The van der Waals surface area contributed by atoms with Crippen LogP contribution in [0.25, 0.3) is 10.2 Å². The molecule has 7 heteroatoms. The van der Waals surface area contributed by atoms with Crippen LogP contribution < -0.4 is 5.56 Å². The van der Waals surface area contributed by atoms with Crippen molar-refractivity contribution in [2.24, 2.45) is 5.92 Å². The zero-order valence-electron chi connectivity index (χ0n) is 18.3. The van der Waals surface area contributed by atoms with Crippen molar-refractivity contribution in [2.75, 3.05) is 12.3 Å². The van der Waals surface area contributed by atoms with E-state index in [9.17, 15) is 9.59 Å². The van der Waals surface area contributed by atoms with Gasteiger partial charge in [0.1, 0.15) is 4.83 Å². The number of benzene rings is 1. The molecule has 2 aromatic heterocycles. The van der Waals surface area contributed by atoms with Crippen molar-refractivity contribution in [1.82, 2.24) is 14.5 Å². The van der Waals surface area contributed by atoms with Crippen molar-refractivity contribution in [2.45, 2.75) is 50.9 Å². The number of thiophene rings is 1. The number of carbonyl (C=O) groups excluding carboxylic acids is 1. The van der Waals surface area contributed by atoms with Crippen LogP contribution in [0.3, 0.4) is 0 Å². The van der Waals surface area contributed by atoms with Crippen molar-refractivity contribution >= 4 is 39.2 Å². The zero-order valence-corrected chi connectivity index (χ0v) is 19.9. The van der Waals surface area contributed by atoms with E-state index in [4.69, 9.17) is 4.98 Å². The standard InChI is InChI=1S/C25H27N3O2S2/c1-3-11-28-24(30)22-19-9-8-16(2)13-20(19)32-23(22)26-25(28)31-15-21(29)27-12-10-17-6-4-5-7-18(17)14-27/h3-7,16H,1,8-15H2,2H3/t16-/m0/s1. The molecule has 5 nitrogen and oxygen atoms in total. The van der Waals surface area contributed by atoms with Gasteiger partial charge in [0, 0.05) is 24.5 Å². The normalized spacial score (nSPS) is 17.8. The number of hydrogen-bond donors (Lipinski definition) is 0. The Bertz CT molecular complexity index is 1260. The highest BCUT2D eigenvalue weighted by Gasteiger charge is 2.25. The summed E-state index contributed by atoms with van der Waals surface area (Å²) in [5.41, 5.74) is 3.74. The molecule has 5 rings (SSSR count). The fourth-order valence-electron chi connectivity index (χ4n) is 4.73. The number of thioether (sulfide) groups is 1. The van der Waals surface area contributed by atoms with Crippen LogP contribution in [0.15, 0.2) is 46.9 Å². The molecule has 1 aliphatic carbocycles. The van der Waals surface area contributed by atoms with Gasteiger partial charge >= 0.3 is 0 Å². The first-order valence-corrected chi connectivity index (χ1v) is 13.0. The maximum absolute atomic E-state index is 13.4. The summed E-state index contributed by atoms with van der Waals surface area (Å²) in [7, 11) is 0. The molecule has 1 amide bonds. The van der Waals surface area contributed by atoms with Crippen LogP contribution in [0, 0.1) is 5.92 Å². The Labute approximate surface area is 196 Å². The highest BCUT2D eigenvalue weighted by atomic mass is 32.2. The topological polar surface area (TPSA) is 55.2 Å². The summed E-state index contributed by atoms with van der Waals surface area (Å²) in [6.45, 7) is 7.87. The van der Waals surface area contributed by atoms with Crippen molar-refractivity contribution in [1.29, 1.82) is 0 Å². The first-order valence-electron chi connectivity index (χ1n) is 11.2. The summed E-state index contributed by atoms with van der Waals surface area (Å²) in [6, 6.07) is 8.31. The molecule has 0 saturated heterocycles. The first kappa shape index (κ1) is 21.5. The molecule has 0 N–H and O–H groups in total. The van der Waals surface area contributed by atoms with Crippen molar-refractivity contribution < 1.29 is 4.79 Å². The third-order valence-corrected chi connectivity index (χ3v) is 8.61. The zero-order chi connectivity index (χ0) is 22.2. The summed E-state index contributed by atoms with van der Waals surface area (Å²) in [5, 5.41) is 1.39. The monoisotopic (exact) mass is 465 g/mol. The maximum Gasteiger partial charge on any atom is 0.263 e. The molecule has 32 heavy (non-hydrogen) atoms. The Balaban J connectivity index is 1.40. The average Bonchev–Trinajstić information content (AvgIpc) is 3.16. The molecule has 0 bridgehead atoms. The average molecular weight is 466 g/mol. The van der Waals surface area contributed by atoms with Gasteiger partial charge in [-0.05, 0) is 48.3 Å². The van der Waals surface area contributed by atoms with Gasteiger partial charge in [0.2, 0.25) is 5.91 Å². The van der Waals surface area contributed by atoms with Gasteiger partial charge in [0.25, 0.3) is 5.56 Å². The smallest absolute Gasteiger partial charge is 0.263 e. The summed E-state index contributed by atoms with van der Waals surface area (Å²) in [5.74, 6) is 1.01. The second-order valence-electron chi connectivity index (χ2n) is 8.75. The van der Waals surface area contributed by atoms with Crippen LogP contribution >= 0.6 is 23.1 Å². The fraction of sp³-hybridized carbons (Fsp3) is 0.400. The molecule has 0 radical (unpaired) electrons. The van der Waals surface area contributed by atoms with Gasteiger partial charge in [0.05, 0.1) is 11.1 Å². The lowest BCUT2D eigenvalue weighted by Gasteiger charge is -2.28. The van der Waals surface area contributed by atoms with Crippen LogP contribution in [0.1, 0.15) is 34.9 Å². The molecule has 1 aliphatic heterocycles. The van der Waals surface area contributed by atoms with Gasteiger partial charge in [-0.25, -0.2) is 4.98 Å². The van der Waals surface area contributed by atoms with E-state index < -0.39 is 0 Å². The van der Waals surface area contributed by atoms with E-state index in [0.717, 1.165) is 42.4 Å². The van der Waals surface area contributed by atoms with Gasteiger partial charge in [-0.15, -0.1) is 17.9 Å². The van der Waals surface area contributed by atoms with E-state index in [1.165, 1.54) is 33.3 Å². The number of aryl methyl sites for hydroxylation is 1. The van der Waals surface area contributed by atoms with E-state index in [-0.39, 0.29) is 17.2 Å². The first-order chi connectivity index (χ1) is 15.5. The lowest BCUT2D eigenvalue weighted by Crippen LogP contribution is -2.37. The number of allylic oxidation sites excluding steroid dienone is 1. The Kier molecular flexibility index (Phi) is 5.95. The Hall–Kier alpha value is -2.38. The van der Waals surface area contributed by atoms with E-state index in [1.54, 1.807) is 22.0 Å². The number of amides is 1. The van der Waals surface area contributed by atoms with Crippen molar-refractivity contribution in [3.63, 3.8) is 0 Å². The van der Waals surface area contributed by atoms with Crippen molar-refractivity contribution in [3.05, 3.63) is 68.8 Å². The van der Waals surface area contributed by atoms with Gasteiger partial charge in [0.15, 0.2) is 5.16 Å². The minimum Gasteiger partial charge on any atom is -0.337 e. The highest BCUT2D eigenvalue weighted by Crippen LogP contribution is 2.36. The number of hydrogen-bond acceptors (Lipinski definition) is 5. The fourth-order valence-corrected chi connectivity index (χ4v) is 7.07. The van der Waals surface area contributed by atoms with Crippen LogP contribution in [-0.4, -0.2) is 32.7 Å². The van der Waals surface area contributed by atoms with Crippen LogP contribution in [0.4, 0.5) is 0 Å². The largest absolute Gasteiger partial charge is 0.337 e. The second-order valence-corrected chi connectivity index (χ2v) is 10.8. The lowest BCUT2D eigenvalue weighted by atomic mass is 9.89. The minimum absolute atomic E-state index is 0.00352. The molecule has 0 saturated carbocycles. The Morgan fingerprint density at radius 3 is 2.94 bits per heavy atom. The number of carbonyl (C=O) groups is 1. The molecular weight excluding hydrogens is 438 g/mol. The van der Waals surface area contributed by atoms with Crippen LogP contribution in [0.2, 0.25) is 0 Å². The van der Waals surface area contributed by atoms with Gasteiger partial charge in [-0.2, -0.15) is 0 Å². The third kappa shape index (κ3) is 3.92. The van der Waals surface area contributed by atoms with Gasteiger partial charge in [-0.3, -0.25) is 14.2 Å². The quantitative estimate of drug-likeness (QED) is 0.317. The van der Waals surface area contributed by atoms with Crippen LogP contribution in [0.5, 0.6) is 0 Å². The second kappa shape index (κ2) is 8.87. The third-order valence-electron chi connectivity index (χ3n) is 6.50. The van der Waals surface area contributed by atoms with E-state index in [0.29, 0.717) is 24.2 Å². The highest BCUT2D eigenvalue weighted by molar-refractivity contribution is 7.99. The molecule has 2 aliphatic rings. The van der Waals surface area contributed by atoms with Crippen molar-refractivity contribution in [3.8, 4) is 0 Å². The number of aromatic nitrogens is 2. The summed E-state index contributed by atoms with van der Waals surface area (Å²) < 4.78 is 1.68. The number of fused-ring (bicyclic) bond motifs is 4. The molecule has 3 heterocycles. The predicted octanol–water partition coefficient (Wildman–Crippen LogP) is 4.45. The van der Waals surface area contributed by atoms with E-state index in [1.807, 2.05) is 11.0 Å². The lowest BCUT2D eigenvalue weighted by molar-refractivity contribution is -0.129. The predicted molar refractivity (Wildman–Crippen MR) is 132 cm³/mol. The summed E-state index contributed by atoms with van der Waals surface area (Å²) in [4.78, 5) is 35.3.